The highest BCUT2D eigenvalue weighted by Gasteiger charge is 1.88. The van der Waals surface area contributed by atoms with Crippen molar-refractivity contribution in [2.45, 2.75) is 0 Å². The third-order valence-corrected chi connectivity index (χ3v) is 5.12. The first-order chi connectivity index (χ1) is 17.8. The van der Waals surface area contributed by atoms with Crippen molar-refractivity contribution in [2.75, 3.05) is 0 Å². The van der Waals surface area contributed by atoms with Crippen LogP contribution in [0.3, 0.4) is 0 Å². The van der Waals surface area contributed by atoms with Crippen molar-refractivity contribution in [3.63, 3.8) is 0 Å². The van der Waals surface area contributed by atoms with E-state index in [-0.39, 0.29) is 0 Å². The molecule has 0 amide bonds. The number of furan rings is 4. The van der Waals surface area contributed by atoms with E-state index in [1.165, 1.54) is 0 Å². The average molecular weight is 473 g/mol. The first-order valence-electron chi connectivity index (χ1n) is 11.6. The summed E-state index contributed by atoms with van der Waals surface area (Å²) >= 11 is 0. The minimum absolute atomic E-state index is 0.751. The fraction of sp³-hybridized carbons (Fsp3) is 0. The summed E-state index contributed by atoms with van der Waals surface area (Å²) in [5.41, 5.74) is 6.08. The average Bonchev–Trinajstić information content (AvgIpc) is 3.69. The van der Waals surface area contributed by atoms with Crippen LogP contribution < -0.4 is 43.3 Å². The Balaban J connectivity index is 1.49. The smallest absolute Gasteiger partial charge is 0.127 e. The highest BCUT2D eigenvalue weighted by molar-refractivity contribution is 5.58. The van der Waals surface area contributed by atoms with Gasteiger partial charge in [-0.2, -0.15) is 0 Å². The molecule has 4 aromatic heterocycles. The maximum atomic E-state index is 5.81. The van der Waals surface area contributed by atoms with E-state index in [1.807, 2.05) is 146 Å². The summed E-state index contributed by atoms with van der Waals surface area (Å²) < 4.78 is 23.3. The molecule has 4 nitrogen and oxygen atoms in total. The first-order valence-corrected chi connectivity index (χ1v) is 11.6. The second-order valence-corrected chi connectivity index (χ2v) is 7.83. The molecule has 0 fully saturated rings. The lowest BCUT2D eigenvalue weighted by molar-refractivity contribution is 0.499. The van der Waals surface area contributed by atoms with Crippen LogP contribution in [0.4, 0.5) is 0 Å². The van der Waals surface area contributed by atoms with Gasteiger partial charge in [-0.3, -0.25) is 0 Å². The van der Waals surface area contributed by atoms with E-state index in [2.05, 4.69) is 0 Å². The number of hydrogen-bond donors (Lipinski definition) is 0. The van der Waals surface area contributed by atoms with Crippen molar-refractivity contribution in [2.24, 2.45) is 0 Å². The normalized spacial score (nSPS) is 24.9. The van der Waals surface area contributed by atoms with E-state index >= 15 is 0 Å². The van der Waals surface area contributed by atoms with Gasteiger partial charge in [0.25, 0.3) is 0 Å². The van der Waals surface area contributed by atoms with E-state index in [9.17, 15) is 0 Å². The molecule has 1 aliphatic rings. The van der Waals surface area contributed by atoms with E-state index in [1.54, 1.807) is 0 Å². The summed E-state index contributed by atoms with van der Waals surface area (Å²) in [7, 11) is 0. The molecule has 4 aromatic rings. The molecule has 5 rings (SSSR count). The van der Waals surface area contributed by atoms with Gasteiger partial charge in [-0.15, -0.1) is 0 Å². The lowest BCUT2D eigenvalue weighted by atomic mass is 10.4. The van der Waals surface area contributed by atoms with Gasteiger partial charge in [0, 0.05) is 0 Å². The van der Waals surface area contributed by atoms with Crippen LogP contribution in [0.25, 0.3) is 48.6 Å². The van der Waals surface area contributed by atoms with Crippen LogP contribution in [0.15, 0.2) is 115 Å². The molecule has 0 radical (unpaired) electrons. The molecule has 0 aromatic carbocycles. The van der Waals surface area contributed by atoms with E-state index < -0.39 is 0 Å². The molecule has 0 saturated carbocycles. The topological polar surface area (TPSA) is 52.6 Å². The van der Waals surface area contributed by atoms with Gasteiger partial charge >= 0.3 is 0 Å². The number of rotatable bonds is 0. The highest BCUT2D eigenvalue weighted by atomic mass is 16.3. The van der Waals surface area contributed by atoms with Crippen LogP contribution in [-0.2, 0) is 0 Å². The molecule has 0 atom stereocenters. The Morgan fingerprint density at radius 2 is 0.417 bits per heavy atom. The standard InChI is InChI=1S/C32H24O4/c1-2-6-10-26-14-18-30(34-26)23-24-32-20-16-28(36-32)12-8-4-3-7-11-27-15-19-31(35-27)22-21-29-17-13-25(33-29)9-5-1/h1-24H/b2-1?,4-3?,5-1-,6-2-,7-3-,8-4-,9-5?,10-6?,11-7?,12-8?,22-21?,24-23?,25-9-,26-10-,27-11+,28-12+,29-21-,30-23-,31-22-,32-24+. The van der Waals surface area contributed by atoms with Crippen LogP contribution in [0.5, 0.6) is 0 Å². The zero-order valence-electron chi connectivity index (χ0n) is 19.5. The molecular weight excluding hydrogens is 448 g/mol. The Morgan fingerprint density at radius 1 is 0.222 bits per heavy atom. The van der Waals surface area contributed by atoms with Crippen molar-refractivity contribution in [1.29, 1.82) is 0 Å². The molecule has 176 valence electrons. The number of hydrogen-bond acceptors (Lipinski definition) is 4. The summed E-state index contributed by atoms with van der Waals surface area (Å²) in [6, 6.07) is 15.4. The molecule has 0 unspecified atom stereocenters. The highest BCUT2D eigenvalue weighted by Crippen LogP contribution is 1.84. The Kier molecular flexibility index (Phi) is 7.26. The molecule has 1 aliphatic heterocycles. The summed E-state index contributed by atoms with van der Waals surface area (Å²) in [6.45, 7) is 0. The second-order valence-electron chi connectivity index (χ2n) is 7.83. The van der Waals surface area contributed by atoms with Crippen LogP contribution in [0.1, 0.15) is 0 Å². The Hall–Kier alpha value is -4.96. The molecule has 8 bridgehead atoms. The molecule has 0 aliphatic carbocycles. The van der Waals surface area contributed by atoms with Crippen molar-refractivity contribution in [1.82, 2.24) is 0 Å². The van der Waals surface area contributed by atoms with E-state index in [0.29, 0.717) is 0 Å². The Morgan fingerprint density at radius 3 is 0.639 bits per heavy atom. The predicted molar refractivity (Wildman–Crippen MR) is 144 cm³/mol. The second kappa shape index (κ2) is 11.4. The third kappa shape index (κ3) is 6.55. The maximum absolute atomic E-state index is 5.81. The lowest BCUT2D eigenvalue weighted by Crippen LogP contribution is -2.01. The lowest BCUT2D eigenvalue weighted by Gasteiger charge is -1.78. The zero-order chi connectivity index (χ0) is 24.4. The SMILES string of the molecule is C1=C\C=c2\cc/c(o2)=C/C=c2/cc\c(o2)=C/C=C\C=C/C=c2\cc/c(o2)=C\C=c2\cc\c(o2)=C\C=C/1. The summed E-state index contributed by atoms with van der Waals surface area (Å²) in [6.07, 6.45) is 30.6. The van der Waals surface area contributed by atoms with Gasteiger partial charge in [0.1, 0.15) is 43.3 Å². The molecule has 0 saturated heterocycles. The Labute approximate surface area is 206 Å². The first kappa shape index (κ1) is 22.8. The third-order valence-electron chi connectivity index (χ3n) is 5.12. The van der Waals surface area contributed by atoms with Crippen molar-refractivity contribution >= 4 is 48.6 Å². The van der Waals surface area contributed by atoms with Crippen molar-refractivity contribution in [3.05, 3.63) is 140 Å². The van der Waals surface area contributed by atoms with Gasteiger partial charge in [0.2, 0.25) is 0 Å². The fourth-order valence-electron chi connectivity index (χ4n) is 3.38. The molecule has 36 heavy (non-hydrogen) atoms. The van der Waals surface area contributed by atoms with E-state index in [0.717, 1.165) is 43.3 Å². The van der Waals surface area contributed by atoms with Crippen LogP contribution in [-0.4, -0.2) is 0 Å². The van der Waals surface area contributed by atoms with Gasteiger partial charge in [0.15, 0.2) is 0 Å². The zero-order valence-corrected chi connectivity index (χ0v) is 19.5. The predicted octanol–water partition coefficient (Wildman–Crippen LogP) is 1.64. The number of fused-ring (bicyclic) bond motifs is 8. The van der Waals surface area contributed by atoms with Crippen LogP contribution >= 0.6 is 0 Å². The van der Waals surface area contributed by atoms with Gasteiger partial charge in [-0.05, 0) is 97.1 Å². The molecular formula is C32H24O4. The summed E-state index contributed by atoms with van der Waals surface area (Å²) in [5.74, 6) is 0. The monoisotopic (exact) mass is 472 g/mol. The van der Waals surface area contributed by atoms with E-state index in [4.69, 9.17) is 17.7 Å². The van der Waals surface area contributed by atoms with Crippen LogP contribution in [0, 0.1) is 0 Å². The van der Waals surface area contributed by atoms with Gasteiger partial charge in [-0.25, -0.2) is 0 Å². The Bertz CT molecular complexity index is 1650. The fourth-order valence-corrected chi connectivity index (χ4v) is 3.38. The van der Waals surface area contributed by atoms with Gasteiger partial charge in [0.05, 0.1) is 0 Å². The molecule has 0 N–H and O–H groups in total. The molecule has 0 spiro atoms. The van der Waals surface area contributed by atoms with Gasteiger partial charge in [-0.1, -0.05) is 48.6 Å². The van der Waals surface area contributed by atoms with Gasteiger partial charge < -0.3 is 17.7 Å². The quantitative estimate of drug-likeness (QED) is 0.391. The summed E-state index contributed by atoms with van der Waals surface area (Å²) in [5, 5.41) is 0. The molecule has 4 heteroatoms. The van der Waals surface area contributed by atoms with Crippen molar-refractivity contribution < 1.29 is 17.7 Å². The van der Waals surface area contributed by atoms with Crippen LogP contribution in [0.2, 0.25) is 0 Å². The minimum Gasteiger partial charge on any atom is -0.457 e. The number of allylic oxidation sites excluding steroid dienone is 8. The maximum Gasteiger partial charge on any atom is 0.127 e. The summed E-state index contributed by atoms with van der Waals surface area (Å²) in [4.78, 5) is 0. The largest absolute Gasteiger partial charge is 0.457 e. The minimum atomic E-state index is 0.751. The van der Waals surface area contributed by atoms with Crippen molar-refractivity contribution in [3.8, 4) is 0 Å². The molecule has 5 heterocycles.